The minimum Gasteiger partial charge on any atom is -0.369 e. The molecule has 0 saturated carbocycles. The van der Waals surface area contributed by atoms with Gasteiger partial charge in [-0.05, 0) is 36.4 Å². The maximum absolute atomic E-state index is 12.3. The highest BCUT2D eigenvalue weighted by atomic mass is 16.1. The summed E-state index contributed by atoms with van der Waals surface area (Å²) in [6, 6.07) is 18.1. The number of hydrogen-bond donors (Lipinski definition) is 1. The number of hydrogen-bond acceptors (Lipinski definition) is 5. The first-order chi connectivity index (χ1) is 14.2. The second kappa shape index (κ2) is 8.87. The molecular weight excluding hydrogens is 364 g/mol. The van der Waals surface area contributed by atoms with Crippen LogP contribution < -0.4 is 10.2 Å². The predicted octanol–water partition coefficient (Wildman–Crippen LogP) is 2.63. The first kappa shape index (κ1) is 19.1. The van der Waals surface area contributed by atoms with E-state index in [4.69, 9.17) is 0 Å². The number of aryl methyl sites for hydroxylation is 1. The van der Waals surface area contributed by atoms with Gasteiger partial charge in [0, 0.05) is 63.1 Å². The van der Waals surface area contributed by atoms with Gasteiger partial charge in [0.15, 0.2) is 5.82 Å². The van der Waals surface area contributed by atoms with E-state index in [0.717, 1.165) is 44.0 Å². The molecule has 1 fully saturated rings. The highest BCUT2D eigenvalue weighted by Crippen LogP contribution is 2.18. The molecule has 4 rings (SSSR count). The number of piperazine rings is 1. The number of carbonyl (C=O) groups excluding carboxylic acids is 1. The fourth-order valence-electron chi connectivity index (χ4n) is 3.53. The molecule has 0 aliphatic carbocycles. The lowest BCUT2D eigenvalue weighted by atomic mass is 10.2. The molecule has 0 bridgehead atoms. The summed E-state index contributed by atoms with van der Waals surface area (Å²) < 4.78 is 1.67. The van der Waals surface area contributed by atoms with E-state index < -0.39 is 0 Å². The fraction of sp³-hybridized carbons (Fsp3) is 0.318. The van der Waals surface area contributed by atoms with Gasteiger partial charge in [-0.2, -0.15) is 5.10 Å². The molecule has 1 aliphatic heterocycles. The minimum atomic E-state index is 0.0409. The number of carbonyl (C=O) groups is 1. The Morgan fingerprint density at radius 3 is 2.38 bits per heavy atom. The second-order valence-corrected chi connectivity index (χ2v) is 7.28. The second-order valence-electron chi connectivity index (χ2n) is 7.28. The topological polar surface area (TPSA) is 66.3 Å². The van der Waals surface area contributed by atoms with Crippen molar-refractivity contribution in [2.75, 3.05) is 42.9 Å². The number of para-hydroxylation sites is 1. The molecule has 150 valence electrons. The third-order valence-electron chi connectivity index (χ3n) is 5.18. The number of aromatic nitrogens is 3. The quantitative estimate of drug-likeness (QED) is 0.701. The Labute approximate surface area is 171 Å². The molecule has 0 radical (unpaired) electrons. The van der Waals surface area contributed by atoms with Crippen molar-refractivity contribution in [3.8, 4) is 11.4 Å². The number of nitrogens with one attached hydrogen (secondary N) is 1. The van der Waals surface area contributed by atoms with Crippen LogP contribution in [0.3, 0.4) is 0 Å². The summed E-state index contributed by atoms with van der Waals surface area (Å²) in [5.41, 5.74) is 3.00. The molecule has 1 amide bonds. The fourth-order valence-corrected chi connectivity index (χ4v) is 3.53. The van der Waals surface area contributed by atoms with Crippen molar-refractivity contribution in [1.82, 2.24) is 19.7 Å². The SMILES string of the molecule is Cn1cnc(-c2ccc(NC(=O)CCN3CCN(c4ccccc4)CC3)cc2)n1. The number of amides is 1. The molecule has 29 heavy (non-hydrogen) atoms. The van der Waals surface area contributed by atoms with E-state index in [1.54, 1.807) is 11.0 Å². The van der Waals surface area contributed by atoms with Crippen molar-refractivity contribution in [1.29, 1.82) is 0 Å². The van der Waals surface area contributed by atoms with E-state index in [-0.39, 0.29) is 5.91 Å². The van der Waals surface area contributed by atoms with Gasteiger partial charge in [-0.3, -0.25) is 14.4 Å². The number of anilines is 2. The summed E-state index contributed by atoms with van der Waals surface area (Å²) >= 11 is 0. The van der Waals surface area contributed by atoms with E-state index >= 15 is 0 Å². The zero-order valence-electron chi connectivity index (χ0n) is 16.7. The van der Waals surface area contributed by atoms with Crippen LogP contribution in [0.2, 0.25) is 0 Å². The maximum Gasteiger partial charge on any atom is 0.225 e. The third kappa shape index (κ3) is 5.00. The molecule has 0 atom stereocenters. The molecule has 1 aliphatic rings. The molecule has 3 aromatic rings. The minimum absolute atomic E-state index is 0.0409. The Bertz CT molecular complexity index is 929. The van der Waals surface area contributed by atoms with Gasteiger partial charge in [0.25, 0.3) is 0 Å². The summed E-state index contributed by atoms with van der Waals surface area (Å²) in [6.45, 7) is 4.73. The first-order valence-electron chi connectivity index (χ1n) is 9.96. The lowest BCUT2D eigenvalue weighted by molar-refractivity contribution is -0.116. The van der Waals surface area contributed by atoms with Crippen molar-refractivity contribution in [3.05, 3.63) is 60.9 Å². The van der Waals surface area contributed by atoms with E-state index in [9.17, 15) is 4.79 Å². The van der Waals surface area contributed by atoms with Crippen LogP contribution in [-0.4, -0.2) is 58.3 Å². The van der Waals surface area contributed by atoms with Gasteiger partial charge >= 0.3 is 0 Å². The Balaban J connectivity index is 1.21. The van der Waals surface area contributed by atoms with Crippen molar-refractivity contribution in [3.63, 3.8) is 0 Å². The van der Waals surface area contributed by atoms with Gasteiger partial charge < -0.3 is 10.2 Å². The lowest BCUT2D eigenvalue weighted by Crippen LogP contribution is -2.47. The average molecular weight is 390 g/mol. The van der Waals surface area contributed by atoms with E-state index in [0.29, 0.717) is 12.2 Å². The predicted molar refractivity (Wildman–Crippen MR) is 115 cm³/mol. The van der Waals surface area contributed by atoms with Crippen LogP contribution in [-0.2, 0) is 11.8 Å². The smallest absolute Gasteiger partial charge is 0.225 e. The Morgan fingerprint density at radius 2 is 1.72 bits per heavy atom. The van der Waals surface area contributed by atoms with Crippen LogP contribution in [0.4, 0.5) is 11.4 Å². The van der Waals surface area contributed by atoms with Crippen molar-refractivity contribution < 1.29 is 4.79 Å². The Kier molecular flexibility index (Phi) is 5.86. The molecule has 1 saturated heterocycles. The monoisotopic (exact) mass is 390 g/mol. The highest BCUT2D eigenvalue weighted by molar-refractivity contribution is 5.91. The molecule has 0 spiro atoms. The highest BCUT2D eigenvalue weighted by Gasteiger charge is 2.17. The van der Waals surface area contributed by atoms with Gasteiger partial charge in [0.1, 0.15) is 6.33 Å². The summed E-state index contributed by atoms with van der Waals surface area (Å²) in [6.07, 6.45) is 2.17. The van der Waals surface area contributed by atoms with Crippen LogP contribution in [0.15, 0.2) is 60.9 Å². The maximum atomic E-state index is 12.3. The number of benzene rings is 2. The van der Waals surface area contributed by atoms with Gasteiger partial charge in [0.05, 0.1) is 0 Å². The van der Waals surface area contributed by atoms with Gasteiger partial charge in [-0.25, -0.2) is 4.98 Å². The summed E-state index contributed by atoms with van der Waals surface area (Å²) in [7, 11) is 1.84. The van der Waals surface area contributed by atoms with E-state index in [1.165, 1.54) is 5.69 Å². The van der Waals surface area contributed by atoms with Crippen LogP contribution in [0.1, 0.15) is 6.42 Å². The number of nitrogens with zero attached hydrogens (tertiary/aromatic N) is 5. The first-order valence-corrected chi connectivity index (χ1v) is 9.96. The van der Waals surface area contributed by atoms with Crippen LogP contribution in [0, 0.1) is 0 Å². The standard InChI is InChI=1S/C22H26N6O/c1-26-17-23-22(25-26)18-7-9-19(10-8-18)24-21(29)11-12-27-13-15-28(16-14-27)20-5-3-2-4-6-20/h2-10,17H,11-16H2,1H3,(H,24,29). The van der Waals surface area contributed by atoms with Crippen LogP contribution in [0.25, 0.3) is 11.4 Å². The normalized spacial score (nSPS) is 14.7. The average Bonchev–Trinajstić information content (AvgIpc) is 3.20. The van der Waals surface area contributed by atoms with E-state index in [2.05, 4.69) is 49.5 Å². The third-order valence-corrected chi connectivity index (χ3v) is 5.18. The molecule has 7 heteroatoms. The zero-order valence-corrected chi connectivity index (χ0v) is 16.7. The zero-order chi connectivity index (χ0) is 20.1. The number of rotatable bonds is 6. The molecule has 7 nitrogen and oxygen atoms in total. The molecule has 1 aromatic heterocycles. The summed E-state index contributed by atoms with van der Waals surface area (Å²) in [5.74, 6) is 0.722. The summed E-state index contributed by atoms with van der Waals surface area (Å²) in [4.78, 5) is 21.3. The van der Waals surface area contributed by atoms with E-state index in [1.807, 2.05) is 37.4 Å². The Hall–Kier alpha value is -3.19. The van der Waals surface area contributed by atoms with Crippen molar-refractivity contribution in [2.45, 2.75) is 6.42 Å². The largest absolute Gasteiger partial charge is 0.369 e. The van der Waals surface area contributed by atoms with Gasteiger partial charge in [0.2, 0.25) is 5.91 Å². The molecule has 2 heterocycles. The van der Waals surface area contributed by atoms with Crippen molar-refractivity contribution in [2.24, 2.45) is 7.05 Å². The molecular formula is C22H26N6O. The van der Waals surface area contributed by atoms with Gasteiger partial charge in [-0.1, -0.05) is 18.2 Å². The van der Waals surface area contributed by atoms with Crippen molar-refractivity contribution >= 4 is 17.3 Å². The molecule has 2 aromatic carbocycles. The lowest BCUT2D eigenvalue weighted by Gasteiger charge is -2.36. The molecule has 1 N–H and O–H groups in total. The van der Waals surface area contributed by atoms with Crippen LogP contribution in [0.5, 0.6) is 0 Å². The van der Waals surface area contributed by atoms with Crippen LogP contribution >= 0.6 is 0 Å². The molecule has 0 unspecified atom stereocenters. The summed E-state index contributed by atoms with van der Waals surface area (Å²) in [5, 5.41) is 7.26. The van der Waals surface area contributed by atoms with Gasteiger partial charge in [-0.15, -0.1) is 0 Å². The Morgan fingerprint density at radius 1 is 1.00 bits per heavy atom.